The van der Waals surface area contributed by atoms with Crippen LogP contribution >= 0.6 is 0 Å². The molecule has 140 valence electrons. The Balaban J connectivity index is 1.66. The molecule has 0 atom stereocenters. The minimum atomic E-state index is -0.107. The summed E-state index contributed by atoms with van der Waals surface area (Å²) >= 11 is 0. The lowest BCUT2D eigenvalue weighted by Crippen LogP contribution is -2.24. The SMILES string of the molecule is COc1cc(CNCc2ccc3c(c2)CC(C)(C)O3)cc(OC)c1OC. The van der Waals surface area contributed by atoms with Crippen LogP contribution < -0.4 is 24.3 Å². The van der Waals surface area contributed by atoms with Gasteiger partial charge in [0.15, 0.2) is 11.5 Å². The Labute approximate surface area is 155 Å². The summed E-state index contributed by atoms with van der Waals surface area (Å²) < 4.78 is 22.1. The zero-order valence-corrected chi connectivity index (χ0v) is 16.1. The predicted molar refractivity (Wildman–Crippen MR) is 101 cm³/mol. The molecule has 2 aromatic rings. The molecule has 0 aliphatic carbocycles. The standard InChI is InChI=1S/C21H27NO4/c1-21(2)11-16-8-14(6-7-17(16)26-21)12-22-13-15-9-18(23-3)20(25-5)19(10-15)24-4/h6-10,22H,11-13H2,1-5H3. The molecular weight excluding hydrogens is 330 g/mol. The highest BCUT2D eigenvalue weighted by Crippen LogP contribution is 2.38. The van der Waals surface area contributed by atoms with Crippen molar-refractivity contribution in [3.63, 3.8) is 0 Å². The molecule has 1 N–H and O–H groups in total. The molecule has 2 aromatic carbocycles. The lowest BCUT2D eigenvalue weighted by Gasteiger charge is -2.16. The van der Waals surface area contributed by atoms with Gasteiger partial charge in [-0.25, -0.2) is 0 Å². The van der Waals surface area contributed by atoms with Gasteiger partial charge in [-0.1, -0.05) is 12.1 Å². The maximum atomic E-state index is 5.94. The Bertz CT molecular complexity index is 761. The first-order valence-electron chi connectivity index (χ1n) is 8.76. The van der Waals surface area contributed by atoms with Crippen LogP contribution in [0.3, 0.4) is 0 Å². The van der Waals surface area contributed by atoms with E-state index in [1.165, 1.54) is 11.1 Å². The highest BCUT2D eigenvalue weighted by molar-refractivity contribution is 5.53. The normalized spacial score (nSPS) is 14.5. The monoisotopic (exact) mass is 357 g/mol. The molecule has 1 aliphatic heterocycles. The topological polar surface area (TPSA) is 49.0 Å². The lowest BCUT2D eigenvalue weighted by molar-refractivity contribution is 0.138. The van der Waals surface area contributed by atoms with Crippen molar-refractivity contribution in [1.29, 1.82) is 0 Å². The van der Waals surface area contributed by atoms with Gasteiger partial charge in [-0.2, -0.15) is 0 Å². The van der Waals surface area contributed by atoms with Crippen molar-refractivity contribution < 1.29 is 18.9 Å². The van der Waals surface area contributed by atoms with Crippen molar-refractivity contribution in [1.82, 2.24) is 5.32 Å². The van der Waals surface area contributed by atoms with Gasteiger partial charge in [-0.3, -0.25) is 0 Å². The third-order valence-corrected chi connectivity index (χ3v) is 4.51. The number of benzene rings is 2. The quantitative estimate of drug-likeness (QED) is 0.818. The van der Waals surface area contributed by atoms with Crippen molar-refractivity contribution in [2.45, 2.75) is 39.0 Å². The predicted octanol–water partition coefficient (Wildman–Crippen LogP) is 3.72. The molecule has 0 radical (unpaired) electrons. The average molecular weight is 357 g/mol. The summed E-state index contributed by atoms with van der Waals surface area (Å²) in [6.07, 6.45) is 0.947. The molecule has 1 aliphatic rings. The van der Waals surface area contributed by atoms with Gasteiger partial charge in [0.05, 0.1) is 21.3 Å². The van der Waals surface area contributed by atoms with Crippen molar-refractivity contribution in [2.24, 2.45) is 0 Å². The second-order valence-electron chi connectivity index (χ2n) is 7.12. The number of hydrogen-bond donors (Lipinski definition) is 1. The molecule has 0 aromatic heterocycles. The number of rotatable bonds is 7. The third kappa shape index (κ3) is 3.88. The van der Waals surface area contributed by atoms with Crippen molar-refractivity contribution in [2.75, 3.05) is 21.3 Å². The number of nitrogens with one attached hydrogen (secondary N) is 1. The molecule has 5 heteroatoms. The van der Waals surface area contributed by atoms with E-state index in [9.17, 15) is 0 Å². The van der Waals surface area contributed by atoms with Gasteiger partial charge in [0.25, 0.3) is 0 Å². The van der Waals surface area contributed by atoms with Crippen LogP contribution in [0.5, 0.6) is 23.0 Å². The molecule has 0 amide bonds. The van der Waals surface area contributed by atoms with Gasteiger partial charge < -0.3 is 24.3 Å². The van der Waals surface area contributed by atoms with Crippen molar-refractivity contribution >= 4 is 0 Å². The van der Waals surface area contributed by atoms with E-state index < -0.39 is 0 Å². The van der Waals surface area contributed by atoms with E-state index in [4.69, 9.17) is 18.9 Å². The fourth-order valence-electron chi connectivity index (χ4n) is 3.36. The summed E-state index contributed by atoms with van der Waals surface area (Å²) in [5.74, 6) is 2.95. The highest BCUT2D eigenvalue weighted by Gasteiger charge is 2.29. The van der Waals surface area contributed by atoms with Crippen molar-refractivity contribution in [3.8, 4) is 23.0 Å². The van der Waals surface area contributed by atoms with Gasteiger partial charge in [0, 0.05) is 19.5 Å². The molecule has 0 saturated heterocycles. The van der Waals surface area contributed by atoms with Gasteiger partial charge >= 0.3 is 0 Å². The van der Waals surface area contributed by atoms with Gasteiger partial charge in [-0.05, 0) is 48.7 Å². The summed E-state index contributed by atoms with van der Waals surface area (Å²) in [6, 6.07) is 10.3. The molecule has 0 bridgehead atoms. The zero-order chi connectivity index (χ0) is 18.7. The van der Waals surface area contributed by atoms with Crippen LogP contribution in [0.15, 0.2) is 30.3 Å². The van der Waals surface area contributed by atoms with Crippen LogP contribution in [0.2, 0.25) is 0 Å². The molecule has 1 heterocycles. The first kappa shape index (κ1) is 18.4. The Morgan fingerprint density at radius 3 is 2.19 bits per heavy atom. The van der Waals surface area contributed by atoms with Gasteiger partial charge in [-0.15, -0.1) is 0 Å². The Kier molecular flexibility index (Phi) is 5.28. The smallest absolute Gasteiger partial charge is 0.203 e. The van der Waals surface area contributed by atoms with Gasteiger partial charge in [0.2, 0.25) is 5.75 Å². The summed E-state index contributed by atoms with van der Waals surface area (Å²) in [7, 11) is 4.86. The third-order valence-electron chi connectivity index (χ3n) is 4.51. The summed E-state index contributed by atoms with van der Waals surface area (Å²) in [6.45, 7) is 5.73. The molecule has 0 fully saturated rings. The van der Waals surface area contributed by atoms with Crippen LogP contribution in [0.4, 0.5) is 0 Å². The molecule has 5 nitrogen and oxygen atoms in total. The largest absolute Gasteiger partial charge is 0.493 e. The number of hydrogen-bond acceptors (Lipinski definition) is 5. The molecule has 3 rings (SSSR count). The molecule has 26 heavy (non-hydrogen) atoms. The van der Waals surface area contributed by atoms with Gasteiger partial charge in [0.1, 0.15) is 11.4 Å². The maximum Gasteiger partial charge on any atom is 0.203 e. The first-order valence-corrected chi connectivity index (χ1v) is 8.76. The summed E-state index contributed by atoms with van der Waals surface area (Å²) in [4.78, 5) is 0. The molecule has 0 spiro atoms. The fraction of sp³-hybridized carbons (Fsp3) is 0.429. The lowest BCUT2D eigenvalue weighted by atomic mass is 10.0. The summed E-state index contributed by atoms with van der Waals surface area (Å²) in [5.41, 5.74) is 3.50. The fourth-order valence-corrected chi connectivity index (χ4v) is 3.36. The highest BCUT2D eigenvalue weighted by atomic mass is 16.5. The number of fused-ring (bicyclic) bond motifs is 1. The van der Waals surface area contributed by atoms with Crippen molar-refractivity contribution in [3.05, 3.63) is 47.0 Å². The van der Waals surface area contributed by atoms with Crippen LogP contribution in [-0.4, -0.2) is 26.9 Å². The minimum Gasteiger partial charge on any atom is -0.493 e. The maximum absolute atomic E-state index is 5.94. The molecular formula is C21H27NO4. The zero-order valence-electron chi connectivity index (χ0n) is 16.1. The summed E-state index contributed by atoms with van der Waals surface area (Å²) in [5, 5.41) is 3.48. The van der Waals surface area contributed by atoms with E-state index in [0.717, 1.165) is 24.3 Å². The van der Waals surface area contributed by atoms with E-state index in [0.29, 0.717) is 23.8 Å². The second kappa shape index (κ2) is 7.46. The first-order chi connectivity index (χ1) is 12.5. The number of ether oxygens (including phenoxy) is 4. The van der Waals surface area contributed by atoms with Crippen LogP contribution in [0.25, 0.3) is 0 Å². The van der Waals surface area contributed by atoms with Crippen LogP contribution in [-0.2, 0) is 19.5 Å². The van der Waals surface area contributed by atoms with E-state index in [2.05, 4.69) is 37.4 Å². The van der Waals surface area contributed by atoms with E-state index in [1.807, 2.05) is 12.1 Å². The molecule has 0 unspecified atom stereocenters. The van der Waals surface area contributed by atoms with E-state index in [1.54, 1.807) is 21.3 Å². The van der Waals surface area contributed by atoms with E-state index in [-0.39, 0.29) is 5.60 Å². The molecule has 0 saturated carbocycles. The van der Waals surface area contributed by atoms with Crippen LogP contribution in [0, 0.1) is 0 Å². The Hall–Kier alpha value is -2.40. The van der Waals surface area contributed by atoms with E-state index >= 15 is 0 Å². The minimum absolute atomic E-state index is 0.107. The average Bonchev–Trinajstić information content (AvgIpc) is 2.93. The Morgan fingerprint density at radius 2 is 1.58 bits per heavy atom. The second-order valence-corrected chi connectivity index (χ2v) is 7.12. The number of methoxy groups -OCH3 is 3. The van der Waals surface area contributed by atoms with Crippen LogP contribution in [0.1, 0.15) is 30.5 Å². The Morgan fingerprint density at radius 1 is 0.923 bits per heavy atom.